The SMILES string of the molecule is CCN(CC)CCCNCc1ccc(OCC(=O)NC(C)(C)C)cc1. The number of benzene rings is 1. The maximum atomic E-state index is 11.7. The molecule has 1 aromatic carbocycles. The largest absolute Gasteiger partial charge is 0.484 e. The fourth-order valence-electron chi connectivity index (χ4n) is 2.51. The van der Waals surface area contributed by atoms with E-state index in [0.29, 0.717) is 5.75 Å². The Bertz CT molecular complexity index is 491. The Morgan fingerprint density at radius 2 is 1.76 bits per heavy atom. The van der Waals surface area contributed by atoms with Crippen molar-refractivity contribution < 1.29 is 9.53 Å². The van der Waals surface area contributed by atoms with E-state index < -0.39 is 0 Å². The van der Waals surface area contributed by atoms with Gasteiger partial charge < -0.3 is 20.3 Å². The zero-order chi connectivity index (χ0) is 18.7. The van der Waals surface area contributed by atoms with Crippen molar-refractivity contribution in [2.45, 2.75) is 53.1 Å². The van der Waals surface area contributed by atoms with Gasteiger partial charge >= 0.3 is 0 Å². The second kappa shape index (κ2) is 11.1. The van der Waals surface area contributed by atoms with Crippen LogP contribution in [0.1, 0.15) is 46.6 Å². The van der Waals surface area contributed by atoms with Crippen molar-refractivity contribution in [3.8, 4) is 5.75 Å². The van der Waals surface area contributed by atoms with Crippen LogP contribution in [0.15, 0.2) is 24.3 Å². The number of carbonyl (C=O) groups excluding carboxylic acids is 1. The van der Waals surface area contributed by atoms with Gasteiger partial charge in [-0.3, -0.25) is 4.79 Å². The van der Waals surface area contributed by atoms with E-state index in [1.54, 1.807) is 0 Å². The summed E-state index contributed by atoms with van der Waals surface area (Å²) < 4.78 is 5.52. The summed E-state index contributed by atoms with van der Waals surface area (Å²) in [5.74, 6) is 0.612. The number of ether oxygens (including phenoxy) is 1. The number of hydrogen-bond acceptors (Lipinski definition) is 4. The normalized spacial score (nSPS) is 11.6. The second-order valence-corrected chi connectivity index (χ2v) is 7.29. The molecule has 0 aliphatic carbocycles. The summed E-state index contributed by atoms with van der Waals surface area (Å²) in [6.45, 7) is 15.5. The molecule has 0 atom stereocenters. The standard InChI is InChI=1S/C20H35N3O2/c1-6-23(7-2)14-8-13-21-15-17-9-11-18(12-10-17)25-16-19(24)22-20(3,4)5/h9-12,21H,6-8,13-16H2,1-5H3,(H,22,24). The van der Waals surface area contributed by atoms with E-state index >= 15 is 0 Å². The van der Waals surface area contributed by atoms with Crippen molar-refractivity contribution in [2.75, 3.05) is 32.8 Å². The molecule has 0 fully saturated rings. The highest BCUT2D eigenvalue weighted by atomic mass is 16.5. The molecular weight excluding hydrogens is 314 g/mol. The van der Waals surface area contributed by atoms with Crippen LogP contribution in [0.5, 0.6) is 5.75 Å². The molecule has 0 aromatic heterocycles. The fourth-order valence-corrected chi connectivity index (χ4v) is 2.51. The average molecular weight is 350 g/mol. The summed E-state index contributed by atoms with van der Waals surface area (Å²) in [6.07, 6.45) is 1.16. The molecule has 0 radical (unpaired) electrons. The Kier molecular flexibility index (Phi) is 9.53. The van der Waals surface area contributed by atoms with Crippen molar-refractivity contribution in [3.05, 3.63) is 29.8 Å². The number of nitrogens with one attached hydrogen (secondary N) is 2. The smallest absolute Gasteiger partial charge is 0.258 e. The van der Waals surface area contributed by atoms with Gasteiger partial charge in [-0.05, 0) is 71.1 Å². The van der Waals surface area contributed by atoms with Crippen LogP contribution in [0, 0.1) is 0 Å². The Morgan fingerprint density at radius 3 is 2.32 bits per heavy atom. The molecule has 0 heterocycles. The van der Waals surface area contributed by atoms with Crippen molar-refractivity contribution in [1.82, 2.24) is 15.5 Å². The molecule has 0 unspecified atom stereocenters. The van der Waals surface area contributed by atoms with Gasteiger partial charge in [-0.25, -0.2) is 0 Å². The van der Waals surface area contributed by atoms with Gasteiger partial charge in [-0.1, -0.05) is 26.0 Å². The van der Waals surface area contributed by atoms with E-state index in [0.717, 1.165) is 39.1 Å². The van der Waals surface area contributed by atoms with Gasteiger partial charge in [0.2, 0.25) is 0 Å². The number of amides is 1. The summed E-state index contributed by atoms with van der Waals surface area (Å²) in [6, 6.07) is 7.90. The van der Waals surface area contributed by atoms with Crippen LogP contribution in [0.2, 0.25) is 0 Å². The summed E-state index contributed by atoms with van der Waals surface area (Å²) in [4.78, 5) is 14.2. The average Bonchev–Trinajstić information content (AvgIpc) is 2.56. The zero-order valence-corrected chi connectivity index (χ0v) is 16.5. The van der Waals surface area contributed by atoms with Gasteiger partial charge in [0.05, 0.1) is 0 Å². The van der Waals surface area contributed by atoms with Gasteiger partial charge in [0, 0.05) is 12.1 Å². The maximum absolute atomic E-state index is 11.7. The molecule has 0 saturated heterocycles. The molecular formula is C20H35N3O2. The van der Waals surface area contributed by atoms with E-state index in [2.05, 4.69) is 29.4 Å². The molecule has 142 valence electrons. The summed E-state index contributed by atoms with van der Waals surface area (Å²) in [5, 5.41) is 6.35. The molecule has 0 saturated carbocycles. The second-order valence-electron chi connectivity index (χ2n) is 7.29. The van der Waals surface area contributed by atoms with E-state index in [-0.39, 0.29) is 18.1 Å². The molecule has 5 nitrogen and oxygen atoms in total. The monoisotopic (exact) mass is 349 g/mol. The predicted molar refractivity (Wildman–Crippen MR) is 104 cm³/mol. The molecule has 0 aliphatic heterocycles. The van der Waals surface area contributed by atoms with Crippen LogP contribution >= 0.6 is 0 Å². The highest BCUT2D eigenvalue weighted by Crippen LogP contribution is 2.12. The summed E-state index contributed by atoms with van der Waals surface area (Å²) in [5.41, 5.74) is 0.982. The molecule has 5 heteroatoms. The third kappa shape index (κ3) is 10.1. The Labute approximate surface area is 153 Å². The number of hydrogen-bond donors (Lipinski definition) is 2. The first-order valence-corrected chi connectivity index (χ1v) is 9.30. The fraction of sp³-hybridized carbons (Fsp3) is 0.650. The van der Waals surface area contributed by atoms with E-state index in [1.165, 1.54) is 5.56 Å². The molecule has 1 amide bonds. The first-order valence-electron chi connectivity index (χ1n) is 9.30. The molecule has 1 rings (SSSR count). The molecule has 25 heavy (non-hydrogen) atoms. The minimum absolute atomic E-state index is 0.0419. The number of rotatable bonds is 11. The minimum Gasteiger partial charge on any atom is -0.484 e. The van der Waals surface area contributed by atoms with Crippen LogP contribution in [0.3, 0.4) is 0 Å². The Hall–Kier alpha value is -1.59. The van der Waals surface area contributed by atoms with Crippen LogP contribution in [0.4, 0.5) is 0 Å². The molecule has 2 N–H and O–H groups in total. The predicted octanol–water partition coefficient (Wildman–Crippen LogP) is 2.80. The molecule has 0 aliphatic rings. The van der Waals surface area contributed by atoms with Gasteiger partial charge in [-0.2, -0.15) is 0 Å². The van der Waals surface area contributed by atoms with E-state index in [1.807, 2.05) is 45.0 Å². The van der Waals surface area contributed by atoms with Gasteiger partial charge in [0.15, 0.2) is 6.61 Å². The van der Waals surface area contributed by atoms with Gasteiger partial charge in [0.1, 0.15) is 5.75 Å². The zero-order valence-electron chi connectivity index (χ0n) is 16.5. The van der Waals surface area contributed by atoms with Crippen molar-refractivity contribution in [3.63, 3.8) is 0 Å². The molecule has 0 spiro atoms. The first kappa shape index (κ1) is 21.5. The third-order valence-electron chi connectivity index (χ3n) is 3.86. The number of carbonyl (C=O) groups is 1. The number of nitrogens with zero attached hydrogens (tertiary/aromatic N) is 1. The van der Waals surface area contributed by atoms with Crippen molar-refractivity contribution >= 4 is 5.91 Å². The van der Waals surface area contributed by atoms with Gasteiger partial charge in [0.25, 0.3) is 5.91 Å². The van der Waals surface area contributed by atoms with Crippen molar-refractivity contribution in [2.24, 2.45) is 0 Å². The lowest BCUT2D eigenvalue weighted by atomic mass is 10.1. The van der Waals surface area contributed by atoms with Crippen LogP contribution < -0.4 is 15.4 Å². The Balaban J connectivity index is 2.24. The molecule has 0 bridgehead atoms. The van der Waals surface area contributed by atoms with E-state index in [9.17, 15) is 4.79 Å². The lowest BCUT2D eigenvalue weighted by molar-refractivity contribution is -0.124. The summed E-state index contributed by atoms with van der Waals surface area (Å²) in [7, 11) is 0. The quantitative estimate of drug-likeness (QED) is 0.603. The lowest BCUT2D eigenvalue weighted by Gasteiger charge is -2.20. The first-order chi connectivity index (χ1) is 11.8. The Morgan fingerprint density at radius 1 is 1.12 bits per heavy atom. The van der Waals surface area contributed by atoms with Crippen molar-refractivity contribution in [1.29, 1.82) is 0 Å². The van der Waals surface area contributed by atoms with Gasteiger partial charge in [-0.15, -0.1) is 0 Å². The highest BCUT2D eigenvalue weighted by Gasteiger charge is 2.13. The maximum Gasteiger partial charge on any atom is 0.258 e. The summed E-state index contributed by atoms with van der Waals surface area (Å²) >= 11 is 0. The van der Waals surface area contributed by atoms with Crippen LogP contribution in [-0.4, -0.2) is 49.1 Å². The minimum atomic E-state index is -0.235. The molecule has 1 aromatic rings. The van der Waals surface area contributed by atoms with E-state index in [4.69, 9.17) is 4.74 Å². The lowest BCUT2D eigenvalue weighted by Crippen LogP contribution is -2.43. The van der Waals surface area contributed by atoms with Crippen LogP contribution in [0.25, 0.3) is 0 Å². The highest BCUT2D eigenvalue weighted by molar-refractivity contribution is 5.78. The third-order valence-corrected chi connectivity index (χ3v) is 3.86. The topological polar surface area (TPSA) is 53.6 Å². The van der Waals surface area contributed by atoms with Crippen LogP contribution in [-0.2, 0) is 11.3 Å².